The van der Waals surface area contributed by atoms with Crippen LogP contribution in [0.15, 0.2) is 30.3 Å². The fourth-order valence-electron chi connectivity index (χ4n) is 4.19. The summed E-state index contributed by atoms with van der Waals surface area (Å²) in [6, 6.07) is 10.3. The quantitative estimate of drug-likeness (QED) is 0.773. The molecule has 2 heterocycles. The van der Waals surface area contributed by atoms with Crippen LogP contribution in [0.3, 0.4) is 0 Å². The molecule has 150 valence electrons. The van der Waals surface area contributed by atoms with Gasteiger partial charge in [-0.2, -0.15) is 0 Å². The van der Waals surface area contributed by atoms with Gasteiger partial charge >= 0.3 is 6.03 Å². The Balaban J connectivity index is 1.41. The highest BCUT2D eigenvalue weighted by Gasteiger charge is 2.45. The Bertz CT molecular complexity index is 610. The predicted octanol–water partition coefficient (Wildman–Crippen LogP) is 2.03. The molecule has 0 radical (unpaired) electrons. The van der Waals surface area contributed by atoms with Gasteiger partial charge in [-0.25, -0.2) is 4.79 Å². The molecule has 0 aromatic heterocycles. The Morgan fingerprint density at radius 2 is 1.96 bits per heavy atom. The van der Waals surface area contributed by atoms with Crippen LogP contribution in [0.5, 0.6) is 0 Å². The molecule has 3 rings (SSSR count). The highest BCUT2D eigenvalue weighted by Crippen LogP contribution is 2.35. The van der Waals surface area contributed by atoms with E-state index in [2.05, 4.69) is 17.0 Å². The predicted molar refractivity (Wildman–Crippen MR) is 105 cm³/mol. The molecule has 0 spiro atoms. The SMILES string of the molecule is CN(C)C(=O)N1CC[C@@]2(O)CCN(CCCOCc3ccccc3)C[C@H]2C1. The Morgan fingerprint density at radius 3 is 2.70 bits per heavy atom. The summed E-state index contributed by atoms with van der Waals surface area (Å²) in [6.07, 6.45) is 2.47. The van der Waals surface area contributed by atoms with Gasteiger partial charge in [0.25, 0.3) is 0 Å². The van der Waals surface area contributed by atoms with Crippen molar-refractivity contribution in [2.24, 2.45) is 5.92 Å². The molecule has 6 nitrogen and oxygen atoms in total. The number of aliphatic hydroxyl groups is 1. The van der Waals surface area contributed by atoms with E-state index in [0.29, 0.717) is 26.1 Å². The first-order valence-electron chi connectivity index (χ1n) is 10.0. The van der Waals surface area contributed by atoms with Gasteiger partial charge in [-0.15, -0.1) is 0 Å². The van der Waals surface area contributed by atoms with Crippen molar-refractivity contribution in [1.82, 2.24) is 14.7 Å². The number of piperidine rings is 2. The summed E-state index contributed by atoms with van der Waals surface area (Å²) >= 11 is 0. The van der Waals surface area contributed by atoms with Crippen molar-refractivity contribution in [3.63, 3.8) is 0 Å². The molecular weight excluding hydrogens is 342 g/mol. The molecule has 0 unspecified atom stereocenters. The standard InChI is InChI=1S/C21H33N3O3/c1-22(2)20(25)24-13-10-21(26)9-12-23(15-19(21)16-24)11-6-14-27-17-18-7-4-3-5-8-18/h3-5,7-8,19,26H,6,9-17H2,1-2H3/t19-,21-/m0/s1. The first-order valence-corrected chi connectivity index (χ1v) is 10.0. The van der Waals surface area contributed by atoms with E-state index in [0.717, 1.165) is 39.1 Å². The maximum atomic E-state index is 12.3. The second kappa shape index (κ2) is 9.04. The minimum absolute atomic E-state index is 0.0449. The third kappa shape index (κ3) is 5.21. The molecule has 1 N–H and O–H groups in total. The van der Waals surface area contributed by atoms with Crippen molar-refractivity contribution < 1.29 is 14.6 Å². The molecular formula is C21H33N3O3. The van der Waals surface area contributed by atoms with E-state index >= 15 is 0 Å². The number of nitrogens with zero attached hydrogens (tertiary/aromatic N) is 3. The zero-order chi connectivity index (χ0) is 19.3. The van der Waals surface area contributed by atoms with E-state index in [1.54, 1.807) is 19.0 Å². The van der Waals surface area contributed by atoms with Crippen LogP contribution >= 0.6 is 0 Å². The van der Waals surface area contributed by atoms with E-state index in [4.69, 9.17) is 4.74 Å². The fourth-order valence-corrected chi connectivity index (χ4v) is 4.19. The normalized spacial score (nSPS) is 25.9. The summed E-state index contributed by atoms with van der Waals surface area (Å²) in [5.74, 6) is 0.133. The van der Waals surface area contributed by atoms with Crippen LogP contribution in [0, 0.1) is 5.92 Å². The summed E-state index contributed by atoms with van der Waals surface area (Å²) < 4.78 is 5.78. The molecule has 1 aromatic rings. The average Bonchev–Trinajstić information content (AvgIpc) is 2.67. The monoisotopic (exact) mass is 375 g/mol. The number of rotatable bonds is 6. The number of hydrogen-bond donors (Lipinski definition) is 1. The molecule has 2 amide bonds. The topological polar surface area (TPSA) is 56.2 Å². The lowest BCUT2D eigenvalue weighted by Gasteiger charge is -2.50. The number of fused-ring (bicyclic) bond motifs is 1. The van der Waals surface area contributed by atoms with Gasteiger partial charge in [0.2, 0.25) is 0 Å². The molecule has 0 saturated carbocycles. The maximum Gasteiger partial charge on any atom is 0.319 e. The van der Waals surface area contributed by atoms with Crippen LogP contribution in [0.2, 0.25) is 0 Å². The second-order valence-electron chi connectivity index (χ2n) is 8.12. The van der Waals surface area contributed by atoms with Gasteiger partial charge in [-0.3, -0.25) is 0 Å². The molecule has 2 fully saturated rings. The number of benzene rings is 1. The first kappa shape index (κ1) is 20.1. The van der Waals surface area contributed by atoms with Crippen LogP contribution in [0.1, 0.15) is 24.8 Å². The van der Waals surface area contributed by atoms with Gasteiger partial charge in [0.15, 0.2) is 0 Å². The van der Waals surface area contributed by atoms with Gasteiger partial charge in [0.05, 0.1) is 12.2 Å². The number of carbonyl (C=O) groups is 1. The molecule has 2 aliphatic heterocycles. The lowest BCUT2D eigenvalue weighted by molar-refractivity contribution is -0.107. The Labute approximate surface area is 162 Å². The smallest absolute Gasteiger partial charge is 0.319 e. The molecule has 27 heavy (non-hydrogen) atoms. The number of urea groups is 1. The Hall–Kier alpha value is -1.63. The fraction of sp³-hybridized carbons (Fsp3) is 0.667. The van der Waals surface area contributed by atoms with E-state index in [1.807, 2.05) is 23.1 Å². The minimum Gasteiger partial charge on any atom is -0.389 e. The molecule has 0 bridgehead atoms. The van der Waals surface area contributed by atoms with Crippen LogP contribution in [0.25, 0.3) is 0 Å². The van der Waals surface area contributed by atoms with Crippen molar-refractivity contribution in [3.05, 3.63) is 35.9 Å². The molecule has 1 aromatic carbocycles. The van der Waals surface area contributed by atoms with E-state index < -0.39 is 5.60 Å². The summed E-state index contributed by atoms with van der Waals surface area (Å²) in [6.45, 7) is 5.45. The van der Waals surface area contributed by atoms with Crippen LogP contribution in [-0.2, 0) is 11.3 Å². The highest BCUT2D eigenvalue weighted by atomic mass is 16.5. The molecule has 6 heteroatoms. The van der Waals surface area contributed by atoms with Gasteiger partial charge in [-0.05, 0) is 24.8 Å². The van der Waals surface area contributed by atoms with Crippen LogP contribution < -0.4 is 0 Å². The van der Waals surface area contributed by atoms with Crippen molar-refractivity contribution in [3.8, 4) is 0 Å². The number of carbonyl (C=O) groups excluding carboxylic acids is 1. The Kier molecular flexibility index (Phi) is 6.73. The molecule has 2 atom stereocenters. The van der Waals surface area contributed by atoms with E-state index in [-0.39, 0.29) is 11.9 Å². The molecule has 2 saturated heterocycles. The zero-order valence-electron chi connectivity index (χ0n) is 16.6. The summed E-state index contributed by atoms with van der Waals surface area (Å²) in [5, 5.41) is 11.0. The second-order valence-corrected chi connectivity index (χ2v) is 8.12. The zero-order valence-corrected chi connectivity index (χ0v) is 16.6. The first-order chi connectivity index (χ1) is 13.0. The summed E-state index contributed by atoms with van der Waals surface area (Å²) in [4.78, 5) is 18.2. The largest absolute Gasteiger partial charge is 0.389 e. The van der Waals surface area contributed by atoms with Crippen LogP contribution in [-0.4, -0.2) is 84.9 Å². The number of amides is 2. The van der Waals surface area contributed by atoms with E-state index in [9.17, 15) is 9.90 Å². The van der Waals surface area contributed by atoms with Gasteiger partial charge in [0.1, 0.15) is 0 Å². The van der Waals surface area contributed by atoms with Crippen molar-refractivity contribution in [2.45, 2.75) is 31.5 Å². The van der Waals surface area contributed by atoms with E-state index in [1.165, 1.54) is 5.56 Å². The van der Waals surface area contributed by atoms with Gasteiger partial charge in [0, 0.05) is 59.3 Å². The number of ether oxygens (including phenoxy) is 1. The van der Waals surface area contributed by atoms with Crippen LogP contribution in [0.4, 0.5) is 4.79 Å². The third-order valence-corrected chi connectivity index (χ3v) is 5.88. The lowest BCUT2D eigenvalue weighted by Crippen LogP contribution is -2.61. The van der Waals surface area contributed by atoms with Crippen molar-refractivity contribution >= 4 is 6.03 Å². The van der Waals surface area contributed by atoms with Crippen molar-refractivity contribution in [1.29, 1.82) is 0 Å². The molecule has 2 aliphatic rings. The third-order valence-electron chi connectivity index (χ3n) is 5.88. The lowest BCUT2D eigenvalue weighted by atomic mass is 9.75. The summed E-state index contributed by atoms with van der Waals surface area (Å²) in [7, 11) is 3.57. The maximum absolute atomic E-state index is 12.3. The Morgan fingerprint density at radius 1 is 1.22 bits per heavy atom. The highest BCUT2D eigenvalue weighted by molar-refractivity contribution is 5.74. The number of likely N-dealkylation sites (tertiary alicyclic amines) is 2. The number of hydrogen-bond acceptors (Lipinski definition) is 4. The average molecular weight is 376 g/mol. The van der Waals surface area contributed by atoms with Gasteiger partial charge in [-0.1, -0.05) is 30.3 Å². The molecule has 0 aliphatic carbocycles. The van der Waals surface area contributed by atoms with Crippen molar-refractivity contribution in [2.75, 3.05) is 53.4 Å². The summed E-state index contributed by atoms with van der Waals surface area (Å²) in [5.41, 5.74) is 0.594. The minimum atomic E-state index is -0.608. The van der Waals surface area contributed by atoms with Gasteiger partial charge < -0.3 is 24.5 Å².